The number of aliphatic hydroxyl groups is 2. The Morgan fingerprint density at radius 1 is 0.515 bits per heavy atom. The number of nitrogens with two attached hydrogens (primary N) is 2. The van der Waals surface area contributed by atoms with Crippen LogP contribution in [0.25, 0.3) is 0 Å². The molecule has 0 aromatic carbocycles. The summed E-state index contributed by atoms with van der Waals surface area (Å²) < 4.78 is 0. The van der Waals surface area contributed by atoms with Gasteiger partial charge >= 0.3 is 0 Å². The van der Waals surface area contributed by atoms with Crippen LogP contribution in [0.3, 0.4) is 0 Å². The van der Waals surface area contributed by atoms with Crippen molar-refractivity contribution in [1.82, 2.24) is 52.3 Å². The van der Waals surface area contributed by atoms with E-state index in [1.807, 2.05) is 0 Å². The zero-order valence-corrected chi connectivity index (χ0v) is 39.0. The minimum absolute atomic E-state index is 0.0634. The first-order valence-electron chi connectivity index (χ1n) is 22.7. The molecular weight excluding hydrogens is 865 g/mol. The van der Waals surface area contributed by atoms with Crippen LogP contribution in [0, 0.1) is 11.8 Å². The van der Waals surface area contributed by atoms with Crippen LogP contribution in [-0.2, 0) is 47.9 Å². The van der Waals surface area contributed by atoms with Gasteiger partial charge in [0.25, 0.3) is 0 Å². The zero-order valence-electron chi connectivity index (χ0n) is 39.0. The molecule has 3 aliphatic heterocycles. The summed E-state index contributed by atoms with van der Waals surface area (Å²) in [7, 11) is 0. The Bertz CT molecular complexity index is 1670. The largest absolute Gasteiger partial charge is 0.394 e. The molecule has 3 saturated heterocycles. The van der Waals surface area contributed by atoms with Crippen molar-refractivity contribution in [2.45, 2.75) is 140 Å². The number of carbonyl (C=O) groups is 10. The number of rotatable bonds is 12. The van der Waals surface area contributed by atoms with E-state index in [4.69, 9.17) is 11.5 Å². The van der Waals surface area contributed by atoms with E-state index >= 15 is 0 Å². The average Bonchev–Trinajstić information content (AvgIpc) is 3.26. The van der Waals surface area contributed by atoms with Crippen LogP contribution in [0.1, 0.15) is 92.9 Å². The fourth-order valence-electron chi connectivity index (χ4n) is 7.80. The number of nitrogens with one attached hydrogen (secondary N) is 8. The Hall–Kier alpha value is -5.46. The fraction of sp³-hybridized carbons (Fsp3) is 0.762. The van der Waals surface area contributed by atoms with Crippen molar-refractivity contribution in [2.24, 2.45) is 23.3 Å². The first-order valence-corrected chi connectivity index (χ1v) is 22.7. The molecule has 372 valence electrons. The highest BCUT2D eigenvalue weighted by atomic mass is 16.3. The molecule has 0 saturated carbocycles. The smallest absolute Gasteiger partial charge is 0.246 e. The summed E-state index contributed by atoms with van der Waals surface area (Å²) >= 11 is 0. The van der Waals surface area contributed by atoms with Gasteiger partial charge in [0.1, 0.15) is 47.3 Å². The quantitative estimate of drug-likeness (QED) is 0.0814. The highest BCUT2D eigenvalue weighted by molar-refractivity contribution is 6.00. The van der Waals surface area contributed by atoms with Gasteiger partial charge in [-0.2, -0.15) is 0 Å². The molecule has 24 heteroatoms. The van der Waals surface area contributed by atoms with E-state index in [2.05, 4.69) is 42.5 Å². The third kappa shape index (κ3) is 13.8. The number of aliphatic hydroxyl groups excluding tert-OH is 2. The van der Waals surface area contributed by atoms with Gasteiger partial charge in [-0.05, 0) is 90.1 Å². The van der Waals surface area contributed by atoms with Crippen molar-refractivity contribution in [3.05, 3.63) is 0 Å². The van der Waals surface area contributed by atoms with E-state index in [0.717, 1.165) is 0 Å². The standard InChI is InChI=1S/C42H72N12O12/c1-23(2)31-37(63)49-27(21-55)35(61)47-25(11-7-9-15-43)33(59)46-20-30(58)54-18-14-42(54,6)40(66)52-32(24(3)4)38(64)50-28(22-56)36(62)48-26(12-8-10-16-44)34(60)45-19-29(57)53-17-13-41(53,5)39(65)51-31/h23-28,31-32,55-56H,7-22,43-44H2,1-6H3,(H,45,60)(H,46,59)(H,47,61)(H,48,62)(H,49,63)(H,50,64)(H,51,65)(H,52,66)/t25-,26-,27-,28-,31-,32-,41+,42+/m0/s1. The van der Waals surface area contributed by atoms with Crippen LogP contribution in [0.2, 0.25) is 0 Å². The highest BCUT2D eigenvalue weighted by Crippen LogP contribution is 2.32. The van der Waals surface area contributed by atoms with Gasteiger partial charge in [-0.3, -0.25) is 47.9 Å². The van der Waals surface area contributed by atoms with E-state index in [0.29, 0.717) is 25.7 Å². The predicted molar refractivity (Wildman–Crippen MR) is 237 cm³/mol. The Kier molecular flexibility index (Phi) is 20.7. The minimum Gasteiger partial charge on any atom is -0.394 e. The van der Waals surface area contributed by atoms with Crippen molar-refractivity contribution < 1.29 is 58.2 Å². The number of fused-ring (bicyclic) bond motifs is 2. The lowest BCUT2D eigenvalue weighted by molar-refractivity contribution is -0.158. The van der Waals surface area contributed by atoms with Crippen molar-refractivity contribution >= 4 is 59.1 Å². The molecule has 10 amide bonds. The van der Waals surface area contributed by atoms with Gasteiger partial charge in [0.15, 0.2) is 0 Å². The molecule has 3 fully saturated rings. The number of nitrogens with zero attached hydrogens (tertiary/aromatic N) is 2. The molecule has 0 aliphatic carbocycles. The minimum atomic E-state index is -1.58. The maximum Gasteiger partial charge on any atom is 0.246 e. The molecule has 8 atom stereocenters. The van der Waals surface area contributed by atoms with Crippen LogP contribution < -0.4 is 54.0 Å². The van der Waals surface area contributed by atoms with Crippen LogP contribution in [0.4, 0.5) is 0 Å². The van der Waals surface area contributed by atoms with Crippen LogP contribution in [0.15, 0.2) is 0 Å². The second kappa shape index (κ2) is 24.9. The normalized spacial score (nSPS) is 29.7. The summed E-state index contributed by atoms with van der Waals surface area (Å²) in [5.74, 6) is -8.97. The van der Waals surface area contributed by atoms with E-state index in [9.17, 15) is 58.2 Å². The molecule has 0 bridgehead atoms. The predicted octanol–water partition coefficient (Wildman–Crippen LogP) is -5.32. The number of hydrogen-bond donors (Lipinski definition) is 12. The summed E-state index contributed by atoms with van der Waals surface area (Å²) in [6.45, 7) is 7.31. The van der Waals surface area contributed by atoms with Gasteiger partial charge in [0.05, 0.1) is 26.3 Å². The molecule has 3 heterocycles. The van der Waals surface area contributed by atoms with E-state index in [1.54, 1.807) is 27.7 Å². The van der Waals surface area contributed by atoms with E-state index in [-0.39, 0.29) is 51.9 Å². The Balaban J connectivity index is 1.98. The third-order valence-electron chi connectivity index (χ3n) is 12.5. The molecule has 24 nitrogen and oxygen atoms in total. The summed E-state index contributed by atoms with van der Waals surface area (Å²) in [6, 6.07) is -8.20. The third-order valence-corrected chi connectivity index (χ3v) is 12.5. The molecule has 0 unspecified atom stereocenters. The second-order valence-corrected chi connectivity index (χ2v) is 18.1. The monoisotopic (exact) mass is 937 g/mol. The Labute approximate surface area is 384 Å². The Morgan fingerprint density at radius 3 is 1.12 bits per heavy atom. The zero-order chi connectivity index (χ0) is 49.5. The number of hydrogen-bond acceptors (Lipinski definition) is 14. The van der Waals surface area contributed by atoms with Gasteiger partial charge < -0.3 is 74.0 Å². The lowest BCUT2D eigenvalue weighted by Crippen LogP contribution is -2.70. The SMILES string of the molecule is CC(C)[C@@H]1NC(=O)[C@@]2(C)CCN2C(=O)CNC(=O)[C@H](CCCCN)NC(=O)[C@H](CO)NC(=O)[C@H](C(C)C)NC(=O)[C@@]2(C)CCN2C(=O)CNC(=O)[C@H](CCCCN)NC(=O)[C@H](CO)NC1=O. The second-order valence-electron chi connectivity index (χ2n) is 18.1. The van der Waals surface area contributed by atoms with Gasteiger partial charge in [-0.25, -0.2) is 0 Å². The Morgan fingerprint density at radius 2 is 0.848 bits per heavy atom. The molecule has 0 aromatic heterocycles. The van der Waals surface area contributed by atoms with Crippen molar-refractivity contribution in [1.29, 1.82) is 0 Å². The number of amides is 10. The summed E-state index contributed by atoms with van der Waals surface area (Å²) in [5.41, 5.74) is 8.38. The fourth-order valence-corrected chi connectivity index (χ4v) is 7.80. The van der Waals surface area contributed by atoms with Crippen LogP contribution in [0.5, 0.6) is 0 Å². The lowest BCUT2D eigenvalue weighted by Gasteiger charge is -2.49. The summed E-state index contributed by atoms with van der Waals surface area (Å²) in [6.07, 6.45) is 2.21. The molecular formula is C42H72N12O12. The number of unbranched alkanes of at least 4 members (excludes halogenated alkanes) is 2. The number of carbonyl (C=O) groups excluding carboxylic acids is 10. The lowest BCUT2D eigenvalue weighted by atomic mass is 9.84. The first-order chi connectivity index (χ1) is 31.1. The summed E-state index contributed by atoms with van der Waals surface area (Å²) in [5, 5.41) is 40.6. The maximum absolute atomic E-state index is 13.8. The molecule has 3 aliphatic rings. The van der Waals surface area contributed by atoms with E-state index < -0.39 is 145 Å². The molecule has 0 spiro atoms. The highest BCUT2D eigenvalue weighted by Gasteiger charge is 2.52. The van der Waals surface area contributed by atoms with Crippen molar-refractivity contribution in [3.63, 3.8) is 0 Å². The molecule has 0 radical (unpaired) electrons. The van der Waals surface area contributed by atoms with Crippen molar-refractivity contribution in [2.75, 3.05) is 52.5 Å². The van der Waals surface area contributed by atoms with E-state index in [1.165, 1.54) is 23.6 Å². The first kappa shape index (κ1) is 54.9. The molecule has 14 N–H and O–H groups in total. The van der Waals surface area contributed by atoms with Gasteiger partial charge in [-0.15, -0.1) is 0 Å². The molecule has 0 aromatic rings. The molecule has 66 heavy (non-hydrogen) atoms. The molecule has 3 rings (SSSR count). The van der Waals surface area contributed by atoms with Gasteiger partial charge in [0.2, 0.25) is 59.1 Å². The topological polar surface area (TPSA) is 366 Å². The summed E-state index contributed by atoms with van der Waals surface area (Å²) in [4.78, 5) is 138. The maximum atomic E-state index is 13.8. The van der Waals surface area contributed by atoms with Crippen LogP contribution >= 0.6 is 0 Å². The van der Waals surface area contributed by atoms with Gasteiger partial charge in [0, 0.05) is 13.1 Å². The van der Waals surface area contributed by atoms with Gasteiger partial charge in [-0.1, -0.05) is 27.7 Å². The van der Waals surface area contributed by atoms with Crippen molar-refractivity contribution in [3.8, 4) is 0 Å². The van der Waals surface area contributed by atoms with Crippen LogP contribution in [-0.4, -0.2) is 179 Å². The average molecular weight is 937 g/mol.